The van der Waals surface area contributed by atoms with Crippen LogP contribution < -0.4 is 15.5 Å². The molecule has 1 aromatic carbocycles. The Balaban J connectivity index is 1.61. The lowest BCUT2D eigenvalue weighted by atomic mass is 10.1. The highest BCUT2D eigenvalue weighted by molar-refractivity contribution is 6.32. The zero-order valence-corrected chi connectivity index (χ0v) is 17.1. The van der Waals surface area contributed by atoms with Crippen molar-refractivity contribution in [3.63, 3.8) is 0 Å². The maximum Gasteiger partial charge on any atom is 0.165 e. The molecule has 0 unspecified atom stereocenters. The molecule has 29 heavy (non-hydrogen) atoms. The van der Waals surface area contributed by atoms with Crippen LogP contribution in [-0.2, 0) is 6.42 Å². The van der Waals surface area contributed by atoms with E-state index in [4.69, 9.17) is 21.6 Å². The van der Waals surface area contributed by atoms with Crippen LogP contribution in [0.1, 0.15) is 19.4 Å². The number of nitrogens with one attached hydrogen (secondary N) is 2. The Bertz CT molecular complexity index is 1010. The average Bonchev–Trinajstić information content (AvgIpc) is 3.16. The number of pyridine rings is 1. The maximum absolute atomic E-state index is 9.58. The summed E-state index contributed by atoms with van der Waals surface area (Å²) in [7, 11) is 0. The zero-order chi connectivity index (χ0) is 20.4. The van der Waals surface area contributed by atoms with Gasteiger partial charge in [0, 0.05) is 30.5 Å². The van der Waals surface area contributed by atoms with Gasteiger partial charge >= 0.3 is 0 Å². The van der Waals surface area contributed by atoms with Crippen LogP contribution in [0.4, 0.5) is 17.3 Å². The minimum absolute atomic E-state index is 0.0936. The predicted molar refractivity (Wildman–Crippen MR) is 117 cm³/mol. The molecule has 7 nitrogen and oxygen atoms in total. The standard InChI is InChI=1S/C21H23ClN6O/c1-13(2)28-12-25-18-20(24-9-7-14-5-6-17(29)16(22)10-14)26-19(27-21(18)28)15-4-3-8-23-11-15/h3-6,8,10-11,13,25,29H,7,9,12H2,1-2H3,(H,24,26,27). The highest BCUT2D eigenvalue weighted by Crippen LogP contribution is 2.37. The van der Waals surface area contributed by atoms with Crippen LogP contribution in [0.5, 0.6) is 5.75 Å². The number of aromatic hydroxyl groups is 1. The van der Waals surface area contributed by atoms with E-state index in [1.54, 1.807) is 24.5 Å². The van der Waals surface area contributed by atoms with E-state index in [1.165, 1.54) is 0 Å². The normalized spacial score (nSPS) is 12.8. The smallest absolute Gasteiger partial charge is 0.165 e. The molecule has 0 saturated heterocycles. The number of nitrogens with zero attached hydrogens (tertiary/aromatic N) is 4. The first-order chi connectivity index (χ1) is 14.0. The third-order valence-electron chi connectivity index (χ3n) is 4.85. The van der Waals surface area contributed by atoms with Crippen LogP contribution in [0.3, 0.4) is 0 Å². The summed E-state index contributed by atoms with van der Waals surface area (Å²) in [6, 6.07) is 9.41. The lowest BCUT2D eigenvalue weighted by Crippen LogP contribution is -2.30. The molecule has 150 valence electrons. The number of benzene rings is 1. The van der Waals surface area contributed by atoms with Gasteiger partial charge in [-0.15, -0.1) is 0 Å². The van der Waals surface area contributed by atoms with Crippen LogP contribution in [0.2, 0.25) is 5.02 Å². The molecule has 2 aromatic heterocycles. The summed E-state index contributed by atoms with van der Waals surface area (Å²) in [5, 5.41) is 16.8. The third kappa shape index (κ3) is 4.05. The fourth-order valence-corrected chi connectivity index (χ4v) is 3.47. The van der Waals surface area contributed by atoms with Crippen molar-refractivity contribution >= 4 is 28.9 Å². The number of rotatable bonds is 6. The highest BCUT2D eigenvalue weighted by Gasteiger charge is 2.27. The molecule has 0 spiro atoms. The van der Waals surface area contributed by atoms with Crippen LogP contribution >= 0.6 is 11.6 Å². The van der Waals surface area contributed by atoms with E-state index in [0.29, 0.717) is 30.1 Å². The molecule has 3 aromatic rings. The van der Waals surface area contributed by atoms with E-state index >= 15 is 0 Å². The van der Waals surface area contributed by atoms with Gasteiger partial charge in [-0.25, -0.2) is 9.97 Å². The molecule has 0 aliphatic carbocycles. The average molecular weight is 411 g/mol. The molecule has 3 heterocycles. The van der Waals surface area contributed by atoms with E-state index < -0.39 is 0 Å². The molecule has 1 aliphatic rings. The van der Waals surface area contributed by atoms with E-state index in [9.17, 15) is 5.11 Å². The molecule has 0 atom stereocenters. The Morgan fingerprint density at radius 2 is 2.14 bits per heavy atom. The van der Waals surface area contributed by atoms with E-state index in [-0.39, 0.29) is 5.75 Å². The summed E-state index contributed by atoms with van der Waals surface area (Å²) < 4.78 is 0. The second-order valence-electron chi connectivity index (χ2n) is 7.20. The molecule has 1 aliphatic heterocycles. The first-order valence-electron chi connectivity index (χ1n) is 9.57. The fraction of sp³-hybridized carbons (Fsp3) is 0.286. The number of aromatic nitrogens is 3. The molecule has 0 fully saturated rings. The molecule has 0 radical (unpaired) electrons. The minimum atomic E-state index is 0.0936. The highest BCUT2D eigenvalue weighted by atomic mass is 35.5. The number of fused-ring (bicyclic) bond motifs is 1. The SMILES string of the molecule is CC(C)N1CNc2c(NCCc3ccc(O)c(Cl)c3)nc(-c3cccnc3)nc21. The monoisotopic (exact) mass is 410 g/mol. The van der Waals surface area contributed by atoms with Crippen LogP contribution in [0.15, 0.2) is 42.7 Å². The van der Waals surface area contributed by atoms with Crippen LogP contribution in [0.25, 0.3) is 11.4 Å². The molecule has 3 N–H and O–H groups in total. The van der Waals surface area contributed by atoms with Gasteiger partial charge in [0.1, 0.15) is 11.4 Å². The molecular formula is C21H23ClN6O. The number of hydrogen-bond donors (Lipinski definition) is 3. The second-order valence-corrected chi connectivity index (χ2v) is 7.60. The first-order valence-corrected chi connectivity index (χ1v) is 9.95. The van der Waals surface area contributed by atoms with Gasteiger partial charge in [0.05, 0.1) is 11.7 Å². The number of phenols is 1. The van der Waals surface area contributed by atoms with E-state index in [0.717, 1.165) is 34.9 Å². The predicted octanol–water partition coefficient (Wildman–Crippen LogP) is 4.15. The van der Waals surface area contributed by atoms with Crippen molar-refractivity contribution in [3.05, 3.63) is 53.3 Å². The number of hydrogen-bond acceptors (Lipinski definition) is 7. The second kappa shape index (κ2) is 8.13. The molecule has 0 amide bonds. The lowest BCUT2D eigenvalue weighted by molar-refractivity contribution is 0.475. The summed E-state index contributed by atoms with van der Waals surface area (Å²) in [6.07, 6.45) is 4.25. The van der Waals surface area contributed by atoms with Crippen molar-refractivity contribution in [1.82, 2.24) is 15.0 Å². The van der Waals surface area contributed by atoms with Crippen molar-refractivity contribution in [1.29, 1.82) is 0 Å². The Kier molecular flexibility index (Phi) is 5.40. The van der Waals surface area contributed by atoms with Crippen molar-refractivity contribution in [2.75, 3.05) is 28.7 Å². The summed E-state index contributed by atoms with van der Waals surface area (Å²) in [5.74, 6) is 2.39. The Hall–Kier alpha value is -3.06. The number of anilines is 3. The molecule has 4 rings (SSSR count). The summed E-state index contributed by atoms with van der Waals surface area (Å²) in [4.78, 5) is 16.0. The zero-order valence-electron chi connectivity index (χ0n) is 16.4. The van der Waals surface area contributed by atoms with E-state index in [2.05, 4.69) is 34.4 Å². The van der Waals surface area contributed by atoms with Gasteiger partial charge < -0.3 is 20.6 Å². The first kappa shape index (κ1) is 19.3. The van der Waals surface area contributed by atoms with Crippen molar-refractivity contribution in [2.24, 2.45) is 0 Å². The van der Waals surface area contributed by atoms with Crippen molar-refractivity contribution in [3.8, 4) is 17.1 Å². The minimum Gasteiger partial charge on any atom is -0.506 e. The van der Waals surface area contributed by atoms with Gasteiger partial charge in [-0.1, -0.05) is 17.7 Å². The number of halogens is 1. The molecule has 0 bridgehead atoms. The number of phenolic OH excluding ortho intramolecular Hbond substituents is 1. The van der Waals surface area contributed by atoms with Gasteiger partial charge in [-0.3, -0.25) is 4.98 Å². The summed E-state index contributed by atoms with van der Waals surface area (Å²) in [5.41, 5.74) is 2.82. The van der Waals surface area contributed by atoms with Gasteiger partial charge in [-0.2, -0.15) is 0 Å². The van der Waals surface area contributed by atoms with Gasteiger partial charge in [0.15, 0.2) is 17.5 Å². The Morgan fingerprint density at radius 1 is 1.28 bits per heavy atom. The quantitative estimate of drug-likeness (QED) is 0.562. The molecule has 0 saturated carbocycles. The van der Waals surface area contributed by atoms with Crippen molar-refractivity contribution in [2.45, 2.75) is 26.3 Å². The molecule has 8 heteroatoms. The van der Waals surface area contributed by atoms with E-state index in [1.807, 2.05) is 18.2 Å². The topological polar surface area (TPSA) is 86.2 Å². The lowest BCUT2D eigenvalue weighted by Gasteiger charge is -2.22. The third-order valence-corrected chi connectivity index (χ3v) is 5.15. The van der Waals surface area contributed by atoms with Crippen LogP contribution in [-0.4, -0.2) is 39.3 Å². The summed E-state index contributed by atoms with van der Waals surface area (Å²) in [6.45, 7) is 5.65. The van der Waals surface area contributed by atoms with Crippen molar-refractivity contribution < 1.29 is 5.11 Å². The van der Waals surface area contributed by atoms with Gasteiger partial charge in [0.2, 0.25) is 0 Å². The van der Waals surface area contributed by atoms with Crippen LogP contribution in [0, 0.1) is 0 Å². The Morgan fingerprint density at radius 3 is 2.86 bits per heavy atom. The maximum atomic E-state index is 9.58. The van der Waals surface area contributed by atoms with Gasteiger partial charge in [-0.05, 0) is 50.1 Å². The Labute approximate surface area is 174 Å². The fourth-order valence-electron chi connectivity index (χ4n) is 3.27. The molecular weight excluding hydrogens is 388 g/mol. The summed E-state index contributed by atoms with van der Waals surface area (Å²) >= 11 is 6.01. The van der Waals surface area contributed by atoms with Gasteiger partial charge in [0.25, 0.3) is 0 Å². The largest absolute Gasteiger partial charge is 0.506 e.